The summed E-state index contributed by atoms with van der Waals surface area (Å²) in [5.41, 5.74) is 2.30. The van der Waals surface area contributed by atoms with E-state index >= 15 is 0 Å². The van der Waals surface area contributed by atoms with E-state index in [0.29, 0.717) is 0 Å². The molecule has 5 heteroatoms. The molecule has 1 saturated heterocycles. The van der Waals surface area contributed by atoms with Gasteiger partial charge in [-0.05, 0) is 38.1 Å². The number of benzene rings is 1. The molecule has 0 atom stereocenters. The zero-order chi connectivity index (χ0) is 13.9. The normalized spacial score (nSPS) is 22.3. The Morgan fingerprint density at radius 2 is 2.00 bits per heavy atom. The molecule has 1 aromatic rings. The van der Waals surface area contributed by atoms with Crippen molar-refractivity contribution in [3.63, 3.8) is 0 Å². The molecular formula is C15H20BrN3O. The average Bonchev–Trinajstić information content (AvgIpc) is 2.63. The van der Waals surface area contributed by atoms with Crippen molar-refractivity contribution in [3.05, 3.63) is 28.2 Å². The first-order chi connectivity index (χ1) is 9.72. The van der Waals surface area contributed by atoms with Gasteiger partial charge in [0.2, 0.25) is 0 Å². The maximum atomic E-state index is 5.83. The van der Waals surface area contributed by atoms with Crippen LogP contribution in [0.4, 0.5) is 0 Å². The van der Waals surface area contributed by atoms with Crippen molar-refractivity contribution in [3.8, 4) is 5.75 Å². The van der Waals surface area contributed by atoms with Crippen molar-refractivity contribution in [2.24, 2.45) is 5.10 Å². The summed E-state index contributed by atoms with van der Waals surface area (Å²) in [4.78, 5) is 2.35. The zero-order valence-electron chi connectivity index (χ0n) is 11.8. The highest BCUT2D eigenvalue weighted by Gasteiger charge is 2.18. The van der Waals surface area contributed by atoms with E-state index in [1.807, 2.05) is 6.07 Å². The summed E-state index contributed by atoms with van der Waals surface area (Å²) in [6.07, 6.45) is 2.01. The van der Waals surface area contributed by atoms with Crippen LogP contribution in [0.25, 0.3) is 0 Å². The van der Waals surface area contributed by atoms with E-state index in [4.69, 9.17) is 9.84 Å². The van der Waals surface area contributed by atoms with E-state index in [0.717, 1.165) is 67.1 Å². The second kappa shape index (κ2) is 6.14. The Balaban J connectivity index is 1.86. The fourth-order valence-electron chi connectivity index (χ4n) is 2.58. The molecule has 4 nitrogen and oxygen atoms in total. The van der Waals surface area contributed by atoms with Gasteiger partial charge in [-0.3, -0.25) is 5.01 Å². The Morgan fingerprint density at radius 1 is 1.20 bits per heavy atom. The van der Waals surface area contributed by atoms with Crippen molar-refractivity contribution < 1.29 is 4.74 Å². The second-order valence-electron chi connectivity index (χ2n) is 5.40. The van der Waals surface area contributed by atoms with Gasteiger partial charge in [0.15, 0.2) is 0 Å². The Morgan fingerprint density at radius 3 is 2.80 bits per heavy atom. The molecule has 20 heavy (non-hydrogen) atoms. The summed E-state index contributed by atoms with van der Waals surface area (Å²) in [5.74, 6) is 0.949. The summed E-state index contributed by atoms with van der Waals surface area (Å²) in [7, 11) is 2.16. The van der Waals surface area contributed by atoms with E-state index in [2.05, 4.69) is 45.0 Å². The van der Waals surface area contributed by atoms with Gasteiger partial charge in [-0.1, -0.05) is 15.9 Å². The summed E-state index contributed by atoms with van der Waals surface area (Å²) in [6.45, 7) is 4.95. The molecular weight excluding hydrogens is 318 g/mol. The first kappa shape index (κ1) is 13.9. The molecule has 1 aromatic carbocycles. The van der Waals surface area contributed by atoms with Crippen LogP contribution in [0.2, 0.25) is 0 Å². The first-order valence-corrected chi connectivity index (χ1v) is 7.95. The topological polar surface area (TPSA) is 28.1 Å². The van der Waals surface area contributed by atoms with Gasteiger partial charge in [-0.15, -0.1) is 0 Å². The molecule has 0 unspecified atom stereocenters. The van der Waals surface area contributed by atoms with Crippen LogP contribution < -0.4 is 4.74 Å². The third-order valence-corrected chi connectivity index (χ3v) is 4.31. The maximum absolute atomic E-state index is 5.83. The van der Waals surface area contributed by atoms with Gasteiger partial charge < -0.3 is 9.64 Å². The molecule has 0 aliphatic carbocycles. The highest BCUT2D eigenvalue weighted by Crippen LogP contribution is 2.28. The SMILES string of the molecule is CN1CCN(N=C2CCCOc3cc(Br)ccc32)CC1. The number of rotatable bonds is 1. The molecule has 3 rings (SSSR count). The van der Waals surface area contributed by atoms with E-state index in [1.54, 1.807) is 0 Å². The number of fused-ring (bicyclic) bond motifs is 1. The lowest BCUT2D eigenvalue weighted by Gasteiger charge is -2.31. The van der Waals surface area contributed by atoms with Gasteiger partial charge in [0.1, 0.15) is 5.75 Å². The van der Waals surface area contributed by atoms with Crippen LogP contribution in [0, 0.1) is 0 Å². The predicted molar refractivity (Wildman–Crippen MR) is 84.5 cm³/mol. The summed E-state index contributed by atoms with van der Waals surface area (Å²) < 4.78 is 6.88. The highest BCUT2D eigenvalue weighted by molar-refractivity contribution is 9.10. The van der Waals surface area contributed by atoms with Crippen molar-refractivity contribution in [1.82, 2.24) is 9.91 Å². The van der Waals surface area contributed by atoms with Gasteiger partial charge >= 0.3 is 0 Å². The lowest BCUT2D eigenvalue weighted by atomic mass is 10.1. The third-order valence-electron chi connectivity index (χ3n) is 3.81. The van der Waals surface area contributed by atoms with Crippen LogP contribution in [-0.4, -0.2) is 55.5 Å². The average molecular weight is 338 g/mol. The predicted octanol–water partition coefficient (Wildman–Crippen LogP) is 2.57. The monoisotopic (exact) mass is 337 g/mol. The van der Waals surface area contributed by atoms with Crippen LogP contribution in [0.5, 0.6) is 5.75 Å². The molecule has 0 N–H and O–H groups in total. The molecule has 108 valence electrons. The second-order valence-corrected chi connectivity index (χ2v) is 6.31. The fraction of sp³-hybridized carbons (Fsp3) is 0.533. The Hall–Kier alpha value is -1.07. The molecule has 0 saturated carbocycles. The van der Waals surface area contributed by atoms with Gasteiger partial charge in [0, 0.05) is 36.2 Å². The minimum absolute atomic E-state index is 0.769. The summed E-state index contributed by atoms with van der Waals surface area (Å²) in [6, 6.07) is 6.22. The number of hydrogen-bond donors (Lipinski definition) is 0. The standard InChI is InChI=1S/C15H20BrN3O/c1-18-6-8-19(9-7-18)17-14-3-2-10-20-15-11-12(16)4-5-13(14)15/h4-5,11H,2-3,6-10H2,1H3. The number of halogens is 1. The van der Waals surface area contributed by atoms with E-state index in [-0.39, 0.29) is 0 Å². The lowest BCUT2D eigenvalue weighted by molar-refractivity contribution is 0.159. The van der Waals surface area contributed by atoms with Crippen LogP contribution in [0.1, 0.15) is 18.4 Å². The van der Waals surface area contributed by atoms with E-state index in [1.165, 1.54) is 0 Å². The van der Waals surface area contributed by atoms with Gasteiger partial charge in [-0.25, -0.2) is 0 Å². The zero-order valence-corrected chi connectivity index (χ0v) is 13.4. The van der Waals surface area contributed by atoms with Gasteiger partial charge in [0.25, 0.3) is 0 Å². The number of hydrazone groups is 1. The van der Waals surface area contributed by atoms with E-state index < -0.39 is 0 Å². The maximum Gasteiger partial charge on any atom is 0.129 e. The molecule has 0 amide bonds. The highest BCUT2D eigenvalue weighted by atomic mass is 79.9. The molecule has 0 spiro atoms. The molecule has 0 radical (unpaired) electrons. The van der Waals surface area contributed by atoms with Gasteiger partial charge in [0.05, 0.1) is 12.3 Å². The van der Waals surface area contributed by atoms with Crippen LogP contribution in [0.3, 0.4) is 0 Å². The van der Waals surface area contributed by atoms with Crippen molar-refractivity contribution in [2.75, 3.05) is 39.8 Å². The lowest BCUT2D eigenvalue weighted by Crippen LogP contribution is -2.42. The minimum atomic E-state index is 0.769. The Kier molecular flexibility index (Phi) is 4.27. The molecule has 2 aliphatic heterocycles. The summed E-state index contributed by atoms with van der Waals surface area (Å²) >= 11 is 3.51. The fourth-order valence-corrected chi connectivity index (χ4v) is 2.92. The van der Waals surface area contributed by atoms with Crippen LogP contribution in [-0.2, 0) is 0 Å². The molecule has 1 fully saturated rings. The molecule has 0 aromatic heterocycles. The Labute approximate surface area is 128 Å². The number of nitrogens with zero attached hydrogens (tertiary/aromatic N) is 3. The smallest absolute Gasteiger partial charge is 0.129 e. The molecule has 0 bridgehead atoms. The largest absolute Gasteiger partial charge is 0.493 e. The van der Waals surface area contributed by atoms with Gasteiger partial charge in [-0.2, -0.15) is 5.10 Å². The van der Waals surface area contributed by atoms with Crippen molar-refractivity contribution in [2.45, 2.75) is 12.8 Å². The number of likely N-dealkylation sites (N-methyl/N-ethyl adjacent to an activating group) is 1. The minimum Gasteiger partial charge on any atom is -0.493 e. The van der Waals surface area contributed by atoms with Crippen molar-refractivity contribution >= 4 is 21.6 Å². The Bertz CT molecular complexity index is 510. The molecule has 2 aliphatic rings. The van der Waals surface area contributed by atoms with Crippen LogP contribution >= 0.6 is 15.9 Å². The first-order valence-electron chi connectivity index (χ1n) is 7.16. The number of hydrogen-bond acceptors (Lipinski definition) is 4. The quantitative estimate of drug-likeness (QED) is 0.788. The molecule has 2 heterocycles. The van der Waals surface area contributed by atoms with E-state index in [9.17, 15) is 0 Å². The summed E-state index contributed by atoms with van der Waals surface area (Å²) in [5, 5.41) is 7.09. The van der Waals surface area contributed by atoms with Crippen LogP contribution in [0.15, 0.2) is 27.8 Å². The van der Waals surface area contributed by atoms with Crippen molar-refractivity contribution in [1.29, 1.82) is 0 Å². The number of ether oxygens (including phenoxy) is 1. The number of piperazine rings is 1. The third kappa shape index (κ3) is 3.15.